The van der Waals surface area contributed by atoms with E-state index < -0.39 is 10.0 Å². The van der Waals surface area contributed by atoms with Crippen LogP contribution in [0.15, 0.2) is 29.2 Å². The highest BCUT2D eigenvalue weighted by Crippen LogP contribution is 2.17. The molecular weight excluding hydrogens is 276 g/mol. The number of rotatable bonds is 6. The van der Waals surface area contributed by atoms with Crippen LogP contribution in [-0.2, 0) is 21.3 Å². The van der Waals surface area contributed by atoms with Gasteiger partial charge >= 0.3 is 0 Å². The van der Waals surface area contributed by atoms with E-state index in [0.29, 0.717) is 18.0 Å². The Morgan fingerprint density at radius 2 is 2.15 bits per heavy atom. The molecule has 0 aliphatic carbocycles. The Morgan fingerprint density at radius 1 is 1.35 bits per heavy atom. The molecule has 0 bridgehead atoms. The van der Waals surface area contributed by atoms with Crippen LogP contribution in [-0.4, -0.2) is 34.2 Å². The zero-order valence-electron chi connectivity index (χ0n) is 11.8. The fourth-order valence-corrected chi connectivity index (χ4v) is 3.78. The molecule has 112 valence electrons. The molecule has 1 aliphatic rings. The van der Waals surface area contributed by atoms with Crippen LogP contribution in [0.5, 0.6) is 0 Å². The van der Waals surface area contributed by atoms with Gasteiger partial charge in [-0.2, -0.15) is 0 Å². The van der Waals surface area contributed by atoms with Gasteiger partial charge in [-0.25, -0.2) is 13.1 Å². The van der Waals surface area contributed by atoms with E-state index in [4.69, 9.17) is 4.74 Å². The molecule has 2 rings (SSSR count). The molecule has 1 fully saturated rings. The van der Waals surface area contributed by atoms with Gasteiger partial charge in [-0.3, -0.25) is 0 Å². The minimum atomic E-state index is -3.49. The first kappa shape index (κ1) is 15.4. The van der Waals surface area contributed by atoms with Crippen LogP contribution >= 0.6 is 0 Å². The quantitative estimate of drug-likeness (QED) is 0.829. The van der Waals surface area contributed by atoms with Crippen molar-refractivity contribution in [3.05, 3.63) is 29.8 Å². The Balaban J connectivity index is 2.15. The third-order valence-corrected chi connectivity index (χ3v) is 4.93. The maximum atomic E-state index is 12.5. The second-order valence-corrected chi connectivity index (χ2v) is 6.61. The molecule has 1 unspecified atom stereocenters. The zero-order chi connectivity index (χ0) is 14.4. The van der Waals surface area contributed by atoms with E-state index in [1.54, 1.807) is 12.1 Å². The number of hydrogen-bond acceptors (Lipinski definition) is 4. The standard InChI is InChI=1S/C14H22N2O3S/c1-2-15-10-12-6-3-4-8-14(12)20(17,18)16-13-7-5-9-19-11-13/h3-4,6,8,13,15-16H,2,5,7,9-11H2,1H3. The molecule has 1 heterocycles. The summed E-state index contributed by atoms with van der Waals surface area (Å²) in [5.41, 5.74) is 0.790. The molecule has 0 amide bonds. The van der Waals surface area contributed by atoms with Gasteiger partial charge in [-0.15, -0.1) is 0 Å². The highest BCUT2D eigenvalue weighted by Gasteiger charge is 2.23. The van der Waals surface area contributed by atoms with Gasteiger partial charge in [0.1, 0.15) is 0 Å². The predicted octanol–water partition coefficient (Wildman–Crippen LogP) is 1.25. The van der Waals surface area contributed by atoms with Crippen LogP contribution in [0.2, 0.25) is 0 Å². The van der Waals surface area contributed by atoms with Crippen LogP contribution in [0.3, 0.4) is 0 Å². The Labute approximate surface area is 120 Å². The van der Waals surface area contributed by atoms with Crippen LogP contribution < -0.4 is 10.0 Å². The number of benzene rings is 1. The lowest BCUT2D eigenvalue weighted by molar-refractivity contribution is 0.0774. The molecule has 0 spiro atoms. The molecule has 1 aliphatic heterocycles. The maximum Gasteiger partial charge on any atom is 0.241 e. The van der Waals surface area contributed by atoms with Crippen molar-refractivity contribution in [1.82, 2.24) is 10.0 Å². The number of hydrogen-bond donors (Lipinski definition) is 2. The van der Waals surface area contributed by atoms with Gasteiger partial charge in [-0.05, 0) is 31.0 Å². The van der Waals surface area contributed by atoms with Crippen molar-refractivity contribution in [2.75, 3.05) is 19.8 Å². The molecule has 0 saturated carbocycles. The van der Waals surface area contributed by atoms with Gasteiger partial charge in [0.15, 0.2) is 0 Å². The van der Waals surface area contributed by atoms with Crippen molar-refractivity contribution < 1.29 is 13.2 Å². The summed E-state index contributed by atoms with van der Waals surface area (Å²) in [5.74, 6) is 0. The van der Waals surface area contributed by atoms with Crippen LogP contribution in [0.1, 0.15) is 25.3 Å². The third kappa shape index (κ3) is 4.02. The lowest BCUT2D eigenvalue weighted by Gasteiger charge is -2.23. The number of nitrogens with one attached hydrogen (secondary N) is 2. The largest absolute Gasteiger partial charge is 0.380 e. The first-order valence-corrected chi connectivity index (χ1v) is 8.50. The van der Waals surface area contributed by atoms with E-state index in [9.17, 15) is 8.42 Å². The van der Waals surface area contributed by atoms with Crippen molar-refractivity contribution in [1.29, 1.82) is 0 Å². The summed E-state index contributed by atoms with van der Waals surface area (Å²) in [6.45, 7) is 4.52. The summed E-state index contributed by atoms with van der Waals surface area (Å²) in [4.78, 5) is 0.353. The van der Waals surface area contributed by atoms with Crippen LogP contribution in [0.25, 0.3) is 0 Å². The zero-order valence-corrected chi connectivity index (χ0v) is 12.6. The monoisotopic (exact) mass is 298 g/mol. The third-order valence-electron chi connectivity index (χ3n) is 3.31. The minimum absolute atomic E-state index is 0.124. The van der Waals surface area contributed by atoms with E-state index in [1.807, 2.05) is 19.1 Å². The normalized spacial score (nSPS) is 19.9. The van der Waals surface area contributed by atoms with Gasteiger partial charge in [0.2, 0.25) is 10.0 Å². The maximum absolute atomic E-state index is 12.5. The molecule has 6 heteroatoms. The van der Waals surface area contributed by atoms with Crippen molar-refractivity contribution >= 4 is 10.0 Å². The summed E-state index contributed by atoms with van der Waals surface area (Å²) in [6.07, 6.45) is 1.72. The van der Waals surface area contributed by atoms with E-state index in [2.05, 4.69) is 10.0 Å². The molecule has 1 atom stereocenters. The first-order chi connectivity index (χ1) is 9.63. The van der Waals surface area contributed by atoms with Crippen molar-refractivity contribution in [3.63, 3.8) is 0 Å². The number of sulfonamides is 1. The van der Waals surface area contributed by atoms with Crippen molar-refractivity contribution in [3.8, 4) is 0 Å². The summed E-state index contributed by atoms with van der Waals surface area (Å²) in [5, 5.41) is 3.16. The highest BCUT2D eigenvalue weighted by atomic mass is 32.2. The topological polar surface area (TPSA) is 67.4 Å². The second-order valence-electron chi connectivity index (χ2n) is 4.92. The lowest BCUT2D eigenvalue weighted by atomic mass is 10.1. The van der Waals surface area contributed by atoms with Gasteiger partial charge in [0.25, 0.3) is 0 Å². The average molecular weight is 298 g/mol. The highest BCUT2D eigenvalue weighted by molar-refractivity contribution is 7.89. The summed E-state index contributed by atoms with van der Waals surface area (Å²) >= 11 is 0. The predicted molar refractivity (Wildman–Crippen MR) is 78.0 cm³/mol. The van der Waals surface area contributed by atoms with Crippen molar-refractivity contribution in [2.45, 2.75) is 37.2 Å². The molecule has 1 aromatic carbocycles. The van der Waals surface area contributed by atoms with Gasteiger partial charge < -0.3 is 10.1 Å². The Bertz CT molecular complexity index is 525. The SMILES string of the molecule is CCNCc1ccccc1S(=O)(=O)NC1CCCOC1. The Kier molecular flexibility index (Phi) is 5.54. The molecule has 20 heavy (non-hydrogen) atoms. The van der Waals surface area contributed by atoms with E-state index in [0.717, 1.165) is 31.6 Å². The van der Waals surface area contributed by atoms with Crippen LogP contribution in [0.4, 0.5) is 0 Å². The fourth-order valence-electron chi connectivity index (χ4n) is 2.29. The minimum Gasteiger partial charge on any atom is -0.380 e. The molecule has 0 aromatic heterocycles. The van der Waals surface area contributed by atoms with Gasteiger partial charge in [-0.1, -0.05) is 25.1 Å². The van der Waals surface area contributed by atoms with Crippen molar-refractivity contribution in [2.24, 2.45) is 0 Å². The summed E-state index contributed by atoms with van der Waals surface area (Å²) in [7, 11) is -3.49. The van der Waals surface area contributed by atoms with E-state index >= 15 is 0 Å². The number of ether oxygens (including phenoxy) is 1. The van der Waals surface area contributed by atoms with Gasteiger partial charge in [0.05, 0.1) is 11.5 Å². The molecule has 5 nitrogen and oxygen atoms in total. The van der Waals surface area contributed by atoms with E-state index in [-0.39, 0.29) is 6.04 Å². The first-order valence-electron chi connectivity index (χ1n) is 7.02. The second kappa shape index (κ2) is 7.17. The summed E-state index contributed by atoms with van der Waals surface area (Å²) in [6, 6.07) is 6.98. The fraction of sp³-hybridized carbons (Fsp3) is 0.571. The molecule has 1 saturated heterocycles. The Morgan fingerprint density at radius 3 is 2.85 bits per heavy atom. The van der Waals surface area contributed by atoms with Gasteiger partial charge in [0, 0.05) is 19.2 Å². The molecule has 0 radical (unpaired) electrons. The van der Waals surface area contributed by atoms with Crippen LogP contribution in [0, 0.1) is 0 Å². The summed E-state index contributed by atoms with van der Waals surface area (Å²) < 4.78 is 33.0. The average Bonchev–Trinajstić information content (AvgIpc) is 2.46. The van der Waals surface area contributed by atoms with E-state index in [1.165, 1.54) is 0 Å². The molecule has 1 aromatic rings. The molecular formula is C14H22N2O3S. The lowest BCUT2D eigenvalue weighted by Crippen LogP contribution is -2.40. The Hall–Kier alpha value is -0.950. The molecule has 2 N–H and O–H groups in total. The smallest absolute Gasteiger partial charge is 0.241 e.